The molecular formula is C12H12BrClN4. The highest BCUT2D eigenvalue weighted by Gasteiger charge is 2.06. The van der Waals surface area contributed by atoms with Crippen molar-refractivity contribution in [1.82, 2.24) is 9.97 Å². The van der Waals surface area contributed by atoms with Crippen molar-refractivity contribution in [2.24, 2.45) is 0 Å². The molecule has 0 saturated carbocycles. The fourth-order valence-electron chi connectivity index (χ4n) is 1.48. The summed E-state index contributed by atoms with van der Waals surface area (Å²) in [5.74, 6) is 1.81. The maximum Gasteiger partial charge on any atom is 0.136 e. The molecule has 1 aromatic heterocycles. The van der Waals surface area contributed by atoms with Gasteiger partial charge in [-0.3, -0.25) is 0 Å². The number of hydrogen-bond donors (Lipinski definition) is 2. The molecule has 0 bridgehead atoms. The maximum atomic E-state index is 6.03. The number of rotatable bonds is 3. The molecule has 1 aromatic carbocycles. The second-order valence-electron chi connectivity index (χ2n) is 3.67. The van der Waals surface area contributed by atoms with Crippen LogP contribution < -0.4 is 11.1 Å². The van der Waals surface area contributed by atoms with E-state index in [9.17, 15) is 0 Å². The fourth-order valence-corrected chi connectivity index (χ4v) is 2.02. The minimum Gasteiger partial charge on any atom is -0.384 e. The first-order chi connectivity index (χ1) is 8.60. The van der Waals surface area contributed by atoms with E-state index in [2.05, 4.69) is 31.2 Å². The molecule has 0 fully saturated rings. The quantitative estimate of drug-likeness (QED) is 0.900. The summed E-state index contributed by atoms with van der Waals surface area (Å²) in [5.41, 5.74) is 6.56. The third kappa shape index (κ3) is 2.91. The molecule has 0 spiro atoms. The van der Waals surface area contributed by atoms with Crippen LogP contribution in [0.2, 0.25) is 5.02 Å². The first-order valence-electron chi connectivity index (χ1n) is 5.44. The zero-order chi connectivity index (χ0) is 13.1. The van der Waals surface area contributed by atoms with E-state index in [0.29, 0.717) is 22.5 Å². The molecule has 0 saturated heterocycles. The lowest BCUT2D eigenvalue weighted by atomic mass is 10.3. The standard InChI is InChI=1S/C12H12BrClN4/c1-2-10-17-9(15)6-11(18-10)16-8-5-3-4-7(14)12(8)13/h3-6H,2H2,1H3,(H3,15,16,17,18). The van der Waals surface area contributed by atoms with E-state index in [1.165, 1.54) is 0 Å². The van der Waals surface area contributed by atoms with E-state index in [0.717, 1.165) is 16.6 Å². The highest BCUT2D eigenvalue weighted by molar-refractivity contribution is 9.10. The van der Waals surface area contributed by atoms with E-state index in [1.807, 2.05) is 25.1 Å². The third-order valence-corrected chi connectivity index (χ3v) is 3.72. The third-order valence-electron chi connectivity index (χ3n) is 2.32. The number of nitrogens with one attached hydrogen (secondary N) is 1. The average molecular weight is 328 g/mol. The van der Waals surface area contributed by atoms with Gasteiger partial charge in [0.15, 0.2) is 0 Å². The van der Waals surface area contributed by atoms with Crippen molar-refractivity contribution < 1.29 is 0 Å². The van der Waals surface area contributed by atoms with Gasteiger partial charge in [-0.2, -0.15) is 0 Å². The fraction of sp³-hybridized carbons (Fsp3) is 0.167. The Morgan fingerprint density at radius 2 is 2.17 bits per heavy atom. The smallest absolute Gasteiger partial charge is 0.136 e. The van der Waals surface area contributed by atoms with Crippen LogP contribution in [0.15, 0.2) is 28.7 Å². The predicted molar refractivity (Wildman–Crippen MR) is 78.3 cm³/mol. The van der Waals surface area contributed by atoms with E-state index in [4.69, 9.17) is 17.3 Å². The molecule has 3 N–H and O–H groups in total. The van der Waals surface area contributed by atoms with Crippen molar-refractivity contribution in [1.29, 1.82) is 0 Å². The Labute approximate surface area is 119 Å². The summed E-state index contributed by atoms with van der Waals surface area (Å²) < 4.78 is 0.793. The number of nitrogens with zero attached hydrogens (tertiary/aromatic N) is 2. The second kappa shape index (κ2) is 5.54. The van der Waals surface area contributed by atoms with E-state index in [-0.39, 0.29) is 0 Å². The Balaban J connectivity index is 2.34. The molecule has 0 radical (unpaired) electrons. The summed E-state index contributed by atoms with van der Waals surface area (Å²) in [4.78, 5) is 8.47. The lowest BCUT2D eigenvalue weighted by Gasteiger charge is -2.10. The van der Waals surface area contributed by atoms with Gasteiger partial charge < -0.3 is 11.1 Å². The van der Waals surface area contributed by atoms with Crippen LogP contribution in [-0.4, -0.2) is 9.97 Å². The van der Waals surface area contributed by atoms with Crippen molar-refractivity contribution in [3.8, 4) is 0 Å². The maximum absolute atomic E-state index is 6.03. The Hall–Kier alpha value is -1.33. The summed E-state index contributed by atoms with van der Waals surface area (Å²) in [5, 5.41) is 3.80. The summed E-state index contributed by atoms with van der Waals surface area (Å²) in [6.07, 6.45) is 0.733. The van der Waals surface area contributed by atoms with Crippen molar-refractivity contribution in [3.05, 3.63) is 39.6 Å². The monoisotopic (exact) mass is 326 g/mol. The van der Waals surface area contributed by atoms with Crippen LogP contribution >= 0.6 is 27.5 Å². The predicted octanol–water partition coefficient (Wildman–Crippen LogP) is 3.78. The molecule has 4 nitrogen and oxygen atoms in total. The molecule has 2 rings (SSSR count). The summed E-state index contributed by atoms with van der Waals surface area (Å²) >= 11 is 9.45. The number of aryl methyl sites for hydroxylation is 1. The number of benzene rings is 1. The molecule has 0 amide bonds. The minimum absolute atomic E-state index is 0.447. The number of nitrogens with two attached hydrogens (primary N) is 1. The van der Waals surface area contributed by atoms with Gasteiger partial charge in [-0.25, -0.2) is 9.97 Å². The van der Waals surface area contributed by atoms with Gasteiger partial charge in [0.2, 0.25) is 0 Å². The van der Waals surface area contributed by atoms with Gasteiger partial charge >= 0.3 is 0 Å². The van der Waals surface area contributed by atoms with Crippen LogP contribution in [0.3, 0.4) is 0 Å². The highest BCUT2D eigenvalue weighted by atomic mass is 79.9. The molecule has 0 aliphatic heterocycles. The zero-order valence-corrected chi connectivity index (χ0v) is 12.1. The van der Waals surface area contributed by atoms with Gasteiger partial charge in [0, 0.05) is 12.5 Å². The lowest BCUT2D eigenvalue weighted by molar-refractivity contribution is 0.948. The van der Waals surface area contributed by atoms with Crippen LogP contribution in [0.5, 0.6) is 0 Å². The molecule has 2 aromatic rings. The lowest BCUT2D eigenvalue weighted by Crippen LogP contribution is -2.03. The molecule has 0 atom stereocenters. The largest absolute Gasteiger partial charge is 0.384 e. The van der Waals surface area contributed by atoms with Gasteiger partial charge in [-0.15, -0.1) is 0 Å². The number of halogens is 2. The van der Waals surface area contributed by atoms with Gasteiger partial charge in [0.1, 0.15) is 17.5 Å². The molecule has 0 unspecified atom stereocenters. The van der Waals surface area contributed by atoms with Crippen LogP contribution in [0.25, 0.3) is 0 Å². The number of nitrogen functional groups attached to an aromatic ring is 1. The summed E-state index contributed by atoms with van der Waals surface area (Å²) in [6, 6.07) is 7.26. The topological polar surface area (TPSA) is 63.8 Å². The second-order valence-corrected chi connectivity index (χ2v) is 4.87. The van der Waals surface area contributed by atoms with Gasteiger partial charge in [-0.05, 0) is 28.1 Å². The molecule has 0 aliphatic rings. The van der Waals surface area contributed by atoms with Crippen molar-refractivity contribution in [2.45, 2.75) is 13.3 Å². The molecule has 6 heteroatoms. The first kappa shape index (κ1) is 13.1. The average Bonchev–Trinajstić information content (AvgIpc) is 2.34. The molecule has 0 aliphatic carbocycles. The first-order valence-corrected chi connectivity index (χ1v) is 6.61. The normalized spacial score (nSPS) is 10.4. The number of anilines is 3. The molecule has 94 valence electrons. The Kier molecular flexibility index (Phi) is 4.04. The highest BCUT2D eigenvalue weighted by Crippen LogP contribution is 2.31. The Morgan fingerprint density at radius 3 is 2.89 bits per heavy atom. The van der Waals surface area contributed by atoms with Crippen molar-refractivity contribution in [3.63, 3.8) is 0 Å². The SMILES string of the molecule is CCc1nc(N)cc(Nc2cccc(Cl)c2Br)n1. The van der Waals surface area contributed by atoms with Gasteiger partial charge in [0.25, 0.3) is 0 Å². The van der Waals surface area contributed by atoms with E-state index < -0.39 is 0 Å². The van der Waals surface area contributed by atoms with Crippen LogP contribution in [-0.2, 0) is 6.42 Å². The molecule has 1 heterocycles. The van der Waals surface area contributed by atoms with Gasteiger partial charge in [-0.1, -0.05) is 24.6 Å². The van der Waals surface area contributed by atoms with E-state index in [1.54, 1.807) is 6.07 Å². The van der Waals surface area contributed by atoms with E-state index >= 15 is 0 Å². The van der Waals surface area contributed by atoms with Crippen molar-refractivity contribution in [2.75, 3.05) is 11.1 Å². The Bertz CT molecular complexity index is 574. The van der Waals surface area contributed by atoms with Crippen LogP contribution in [0.4, 0.5) is 17.3 Å². The van der Waals surface area contributed by atoms with Crippen molar-refractivity contribution >= 4 is 44.9 Å². The minimum atomic E-state index is 0.447. The van der Waals surface area contributed by atoms with Crippen LogP contribution in [0, 0.1) is 0 Å². The number of hydrogen-bond acceptors (Lipinski definition) is 4. The summed E-state index contributed by atoms with van der Waals surface area (Å²) in [6.45, 7) is 1.98. The molecular weight excluding hydrogens is 316 g/mol. The number of aromatic nitrogens is 2. The van der Waals surface area contributed by atoms with Crippen LogP contribution in [0.1, 0.15) is 12.7 Å². The Morgan fingerprint density at radius 1 is 1.39 bits per heavy atom. The van der Waals surface area contributed by atoms with Gasteiger partial charge in [0.05, 0.1) is 15.2 Å². The summed E-state index contributed by atoms with van der Waals surface area (Å²) in [7, 11) is 0. The molecule has 18 heavy (non-hydrogen) atoms. The zero-order valence-electron chi connectivity index (χ0n) is 9.74.